The van der Waals surface area contributed by atoms with Crippen molar-refractivity contribution in [3.63, 3.8) is 0 Å². The summed E-state index contributed by atoms with van der Waals surface area (Å²) in [4.78, 5) is 14.8. The summed E-state index contributed by atoms with van der Waals surface area (Å²) in [7, 11) is 0. The van der Waals surface area contributed by atoms with Gasteiger partial charge in [0.1, 0.15) is 0 Å². The van der Waals surface area contributed by atoms with Crippen molar-refractivity contribution in [1.82, 2.24) is 15.0 Å². The van der Waals surface area contributed by atoms with Gasteiger partial charge in [-0.05, 0) is 56.3 Å². The van der Waals surface area contributed by atoms with E-state index in [0.29, 0.717) is 17.5 Å². The molecular weight excluding hydrogens is 615 g/mol. The van der Waals surface area contributed by atoms with Gasteiger partial charge in [-0.15, -0.1) is 11.3 Å². The van der Waals surface area contributed by atoms with Gasteiger partial charge in [-0.2, -0.15) is 0 Å². The van der Waals surface area contributed by atoms with Crippen LogP contribution in [0.4, 0.5) is 0 Å². The number of rotatable bonds is 4. The topological polar surface area (TPSA) is 38.7 Å². The minimum Gasteiger partial charge on any atom is -0.208 e. The zero-order valence-electron chi connectivity index (χ0n) is 26.3. The molecule has 0 spiro atoms. The van der Waals surface area contributed by atoms with Crippen molar-refractivity contribution in [3.8, 4) is 45.3 Å². The number of hydrogen-bond acceptors (Lipinski definition) is 4. The van der Waals surface area contributed by atoms with Gasteiger partial charge >= 0.3 is 0 Å². The van der Waals surface area contributed by atoms with Crippen LogP contribution in [0, 0.1) is 0 Å². The number of thiophene rings is 1. The summed E-state index contributed by atoms with van der Waals surface area (Å²) in [6.45, 7) is 0. The number of fused-ring (bicyclic) bond motifs is 10. The molecule has 0 saturated carbocycles. The third-order valence-electron chi connectivity index (χ3n) is 9.48. The molecule has 0 N–H and O–H groups in total. The summed E-state index contributed by atoms with van der Waals surface area (Å²) < 4.78 is 2.69. The smallest absolute Gasteiger partial charge is 0.164 e. The lowest BCUT2D eigenvalue weighted by atomic mass is 9.92. The first-order valence-corrected chi connectivity index (χ1v) is 17.3. The van der Waals surface area contributed by atoms with Gasteiger partial charge in [0.25, 0.3) is 0 Å². The van der Waals surface area contributed by atoms with E-state index >= 15 is 0 Å². The Kier molecular flexibility index (Phi) is 6.36. The Morgan fingerprint density at radius 1 is 0.327 bits per heavy atom. The highest BCUT2D eigenvalue weighted by atomic mass is 32.1. The van der Waals surface area contributed by atoms with Gasteiger partial charge in [0.15, 0.2) is 17.5 Å². The molecule has 0 aliphatic carbocycles. The highest BCUT2D eigenvalue weighted by Crippen LogP contribution is 2.46. The Morgan fingerprint density at radius 3 is 1.57 bits per heavy atom. The fraction of sp³-hybridized carbons (Fsp3) is 0. The lowest BCUT2D eigenvalue weighted by molar-refractivity contribution is 1.07. The average Bonchev–Trinajstić information content (AvgIpc) is 3.58. The average molecular weight is 642 g/mol. The summed E-state index contributed by atoms with van der Waals surface area (Å²) in [5.41, 5.74) is 5.14. The van der Waals surface area contributed by atoms with Crippen molar-refractivity contribution in [1.29, 1.82) is 0 Å². The van der Waals surface area contributed by atoms with Crippen LogP contribution in [-0.2, 0) is 0 Å². The molecule has 0 saturated heterocycles. The van der Waals surface area contributed by atoms with Gasteiger partial charge in [-0.3, -0.25) is 0 Å². The molecular formula is C45H27N3S. The molecule has 0 aliphatic rings. The second-order valence-corrected chi connectivity index (χ2v) is 13.4. The van der Waals surface area contributed by atoms with Crippen LogP contribution in [-0.4, -0.2) is 15.0 Å². The van der Waals surface area contributed by atoms with Gasteiger partial charge in [-0.1, -0.05) is 146 Å². The first-order chi connectivity index (χ1) is 24.3. The van der Waals surface area contributed by atoms with E-state index in [9.17, 15) is 0 Å². The Balaban J connectivity index is 1.13. The molecule has 0 bridgehead atoms. The largest absolute Gasteiger partial charge is 0.208 e. The van der Waals surface area contributed by atoms with E-state index in [1.54, 1.807) is 0 Å². The second-order valence-electron chi connectivity index (χ2n) is 12.4. The maximum Gasteiger partial charge on any atom is 0.164 e. The fourth-order valence-electron chi connectivity index (χ4n) is 7.19. The van der Waals surface area contributed by atoms with Crippen molar-refractivity contribution in [3.05, 3.63) is 164 Å². The fourth-order valence-corrected chi connectivity index (χ4v) is 8.43. The van der Waals surface area contributed by atoms with Gasteiger partial charge < -0.3 is 0 Å². The van der Waals surface area contributed by atoms with Crippen molar-refractivity contribution in [2.24, 2.45) is 0 Å². The first-order valence-electron chi connectivity index (χ1n) is 16.4. The molecule has 3 nitrogen and oxygen atoms in total. The Labute approximate surface area is 286 Å². The molecule has 0 aliphatic heterocycles. The molecule has 0 atom stereocenters. The highest BCUT2D eigenvalue weighted by molar-refractivity contribution is 7.27. The number of nitrogens with zero attached hydrogens (tertiary/aromatic N) is 3. The summed E-state index contributed by atoms with van der Waals surface area (Å²) in [5.74, 6) is 1.97. The van der Waals surface area contributed by atoms with Crippen LogP contribution in [0.1, 0.15) is 0 Å². The maximum atomic E-state index is 4.97. The van der Waals surface area contributed by atoms with Gasteiger partial charge in [-0.25, -0.2) is 15.0 Å². The van der Waals surface area contributed by atoms with Gasteiger partial charge in [0.2, 0.25) is 0 Å². The zero-order valence-corrected chi connectivity index (χ0v) is 27.2. The number of hydrogen-bond donors (Lipinski definition) is 0. The standard InChI is InChI=1S/C45H27N3S/c1-3-12-28(13-4-1)43-46-44(29-14-5-2-6-15-29)48-45(47-43)33-17-11-16-30(27-33)31-22-24-34-32(26-31)23-25-38-40(34)35-18-7-8-19-36(35)41-37-20-9-10-21-39(37)49-42(38)41/h1-27H. The quantitative estimate of drug-likeness (QED) is 0.180. The normalized spacial score (nSPS) is 11.7. The summed E-state index contributed by atoms with van der Waals surface area (Å²) in [6, 6.07) is 57.9. The molecule has 2 heterocycles. The van der Waals surface area contributed by atoms with Crippen LogP contribution in [0.5, 0.6) is 0 Å². The van der Waals surface area contributed by atoms with E-state index < -0.39 is 0 Å². The van der Waals surface area contributed by atoms with E-state index in [0.717, 1.165) is 27.8 Å². The Morgan fingerprint density at radius 2 is 0.857 bits per heavy atom. The molecule has 49 heavy (non-hydrogen) atoms. The van der Waals surface area contributed by atoms with E-state index in [2.05, 4.69) is 103 Å². The predicted octanol–water partition coefficient (Wildman–Crippen LogP) is 12.4. The molecule has 0 amide bonds. The van der Waals surface area contributed by atoms with E-state index in [-0.39, 0.29) is 0 Å². The minimum atomic E-state index is 0.653. The molecule has 2 aromatic heterocycles. The molecule has 10 aromatic rings. The second kappa shape index (κ2) is 11.2. The van der Waals surface area contributed by atoms with Crippen LogP contribution in [0.3, 0.4) is 0 Å². The summed E-state index contributed by atoms with van der Waals surface area (Å²) in [5, 5.41) is 10.4. The van der Waals surface area contributed by atoms with Crippen molar-refractivity contribution in [2.45, 2.75) is 0 Å². The number of benzene rings is 8. The number of aromatic nitrogens is 3. The molecule has 4 heteroatoms. The third kappa shape index (κ3) is 4.61. The molecule has 0 fully saturated rings. The zero-order chi connectivity index (χ0) is 32.3. The van der Waals surface area contributed by atoms with Crippen LogP contribution in [0.2, 0.25) is 0 Å². The van der Waals surface area contributed by atoms with Crippen LogP contribution in [0.25, 0.3) is 97.8 Å². The third-order valence-corrected chi connectivity index (χ3v) is 10.7. The van der Waals surface area contributed by atoms with Crippen LogP contribution >= 0.6 is 11.3 Å². The van der Waals surface area contributed by atoms with Gasteiger partial charge in [0, 0.05) is 42.2 Å². The van der Waals surface area contributed by atoms with Crippen molar-refractivity contribution in [2.75, 3.05) is 0 Å². The lowest BCUT2D eigenvalue weighted by Crippen LogP contribution is -2.00. The SMILES string of the molecule is c1ccc(-c2nc(-c3ccccc3)nc(-c3cccc(-c4ccc5c(ccc6c7sc8ccccc8c7c7ccccc7c56)c4)c3)n2)cc1. The van der Waals surface area contributed by atoms with E-state index in [1.165, 1.54) is 52.5 Å². The summed E-state index contributed by atoms with van der Waals surface area (Å²) in [6.07, 6.45) is 0. The van der Waals surface area contributed by atoms with Crippen LogP contribution in [0.15, 0.2) is 164 Å². The molecule has 0 unspecified atom stereocenters. The molecule has 10 rings (SSSR count). The Hall–Kier alpha value is -6.23. The molecule has 8 aromatic carbocycles. The van der Waals surface area contributed by atoms with Crippen molar-refractivity contribution >= 4 is 63.8 Å². The predicted molar refractivity (Wildman–Crippen MR) is 207 cm³/mol. The Bertz CT molecular complexity index is 2820. The van der Waals surface area contributed by atoms with Crippen molar-refractivity contribution < 1.29 is 0 Å². The molecule has 228 valence electrons. The monoisotopic (exact) mass is 641 g/mol. The lowest BCUT2D eigenvalue weighted by Gasteiger charge is -2.12. The summed E-state index contributed by atoms with van der Waals surface area (Å²) >= 11 is 1.90. The first kappa shape index (κ1) is 27.8. The maximum absolute atomic E-state index is 4.97. The van der Waals surface area contributed by atoms with E-state index in [4.69, 9.17) is 15.0 Å². The molecule has 0 radical (unpaired) electrons. The van der Waals surface area contributed by atoms with E-state index in [1.807, 2.05) is 72.0 Å². The van der Waals surface area contributed by atoms with Gasteiger partial charge in [0.05, 0.1) is 0 Å². The minimum absolute atomic E-state index is 0.653. The van der Waals surface area contributed by atoms with Crippen LogP contribution < -0.4 is 0 Å². The highest BCUT2D eigenvalue weighted by Gasteiger charge is 2.17.